The summed E-state index contributed by atoms with van der Waals surface area (Å²) in [4.78, 5) is 34.8. The van der Waals surface area contributed by atoms with Crippen molar-refractivity contribution in [2.75, 3.05) is 19.8 Å². The van der Waals surface area contributed by atoms with Gasteiger partial charge in [0.15, 0.2) is 6.10 Å². The Morgan fingerprint density at radius 3 is 1.31 bits per heavy atom. The van der Waals surface area contributed by atoms with Gasteiger partial charge >= 0.3 is 19.8 Å². The Labute approximate surface area is 339 Å². The van der Waals surface area contributed by atoms with E-state index in [-0.39, 0.29) is 25.6 Å². The summed E-state index contributed by atoms with van der Waals surface area (Å²) in [7, 11) is -4.28. The summed E-state index contributed by atoms with van der Waals surface area (Å²) in [5.74, 6) is -0.796. The maximum absolute atomic E-state index is 12.6. The summed E-state index contributed by atoms with van der Waals surface area (Å²) in [5.41, 5.74) is 0. The summed E-state index contributed by atoms with van der Waals surface area (Å²) in [6.45, 7) is 5.49. The molecule has 324 valence electrons. The topological polar surface area (TPSA) is 108 Å². The molecule has 0 aromatic carbocycles. The molecule has 0 spiro atoms. The second-order valence-electron chi connectivity index (χ2n) is 15.4. The van der Waals surface area contributed by atoms with E-state index in [1.807, 2.05) is 0 Å². The average Bonchev–Trinajstić information content (AvgIpc) is 3.16. The molecule has 9 heteroatoms. The van der Waals surface area contributed by atoms with Crippen molar-refractivity contribution in [2.24, 2.45) is 0 Å². The van der Waals surface area contributed by atoms with E-state index in [0.717, 1.165) is 51.4 Å². The average molecular weight is 799 g/mol. The predicted octanol–water partition coefficient (Wildman–Crippen LogP) is 14.6. The van der Waals surface area contributed by atoms with E-state index in [4.69, 9.17) is 18.5 Å². The fourth-order valence-corrected chi connectivity index (χ4v) is 7.36. The van der Waals surface area contributed by atoms with Crippen LogP contribution in [-0.4, -0.2) is 42.8 Å². The van der Waals surface area contributed by atoms with Crippen molar-refractivity contribution in [1.29, 1.82) is 0 Å². The highest BCUT2D eigenvalue weighted by molar-refractivity contribution is 7.47. The Bertz CT molecular complexity index is 952. The molecule has 0 heterocycles. The monoisotopic (exact) mass is 799 g/mol. The van der Waals surface area contributed by atoms with E-state index in [9.17, 15) is 19.0 Å². The molecule has 0 aliphatic rings. The van der Waals surface area contributed by atoms with Gasteiger partial charge in [0, 0.05) is 12.8 Å². The van der Waals surface area contributed by atoms with Gasteiger partial charge in [-0.05, 0) is 51.9 Å². The van der Waals surface area contributed by atoms with E-state index in [1.165, 1.54) is 141 Å². The van der Waals surface area contributed by atoms with Crippen LogP contribution in [0.25, 0.3) is 0 Å². The SMILES string of the molecule is CCCCCC/C=C\C/C=C\CCCCCCCCCC(=O)OC(COC(=O)CCCCCCCCCCCCCCCCCCC)COP(=O)(O)OCC. The minimum absolute atomic E-state index is 0.000790. The molecule has 0 rings (SSSR count). The van der Waals surface area contributed by atoms with Crippen LogP contribution in [0.4, 0.5) is 0 Å². The smallest absolute Gasteiger partial charge is 0.462 e. The van der Waals surface area contributed by atoms with E-state index in [1.54, 1.807) is 6.92 Å². The first kappa shape index (κ1) is 53.5. The Morgan fingerprint density at radius 2 is 0.873 bits per heavy atom. The molecule has 55 heavy (non-hydrogen) atoms. The van der Waals surface area contributed by atoms with Gasteiger partial charge in [0.05, 0.1) is 13.2 Å². The summed E-state index contributed by atoms with van der Waals surface area (Å²) < 4.78 is 32.7. The molecular weight excluding hydrogens is 711 g/mol. The molecule has 0 amide bonds. The molecule has 0 aromatic heterocycles. The molecule has 8 nitrogen and oxygen atoms in total. The third-order valence-electron chi connectivity index (χ3n) is 10.0. The van der Waals surface area contributed by atoms with Crippen molar-refractivity contribution in [3.8, 4) is 0 Å². The lowest BCUT2D eigenvalue weighted by Gasteiger charge is -2.19. The Kier molecular flexibility index (Phi) is 41.0. The van der Waals surface area contributed by atoms with Crippen LogP contribution >= 0.6 is 7.82 Å². The number of phosphoric acid groups is 1. The van der Waals surface area contributed by atoms with Crippen LogP contribution in [0.2, 0.25) is 0 Å². The van der Waals surface area contributed by atoms with Crippen LogP contribution < -0.4 is 0 Å². The summed E-state index contributed by atoms with van der Waals surface area (Å²) in [6.07, 6.45) is 46.6. The van der Waals surface area contributed by atoms with Crippen molar-refractivity contribution in [3.05, 3.63) is 24.3 Å². The third-order valence-corrected chi connectivity index (χ3v) is 11.1. The molecule has 0 radical (unpaired) electrons. The van der Waals surface area contributed by atoms with Gasteiger partial charge in [-0.1, -0.05) is 192 Å². The molecule has 2 unspecified atom stereocenters. The molecule has 0 bridgehead atoms. The highest BCUT2D eigenvalue weighted by atomic mass is 31.2. The van der Waals surface area contributed by atoms with E-state index < -0.39 is 26.5 Å². The summed E-state index contributed by atoms with van der Waals surface area (Å²) in [6, 6.07) is 0. The fourth-order valence-electron chi connectivity index (χ4n) is 6.60. The standard InChI is InChI=1S/C46H87O8P/c1-4-7-9-11-13-15-17-19-21-23-25-27-29-31-33-35-37-39-41-46(48)54-44(43-53-55(49,50)52-6-3)42-51-45(47)40-38-36-34-32-30-28-26-24-22-20-18-16-14-12-10-8-5-2/h15,17,21,23,44H,4-14,16,18-20,22,24-43H2,1-3H3,(H,49,50)/b17-15-,23-21-. The van der Waals surface area contributed by atoms with Gasteiger partial charge in [-0.2, -0.15) is 0 Å². The number of allylic oxidation sites excluding steroid dienone is 4. The van der Waals surface area contributed by atoms with Crippen LogP contribution in [0.3, 0.4) is 0 Å². The van der Waals surface area contributed by atoms with Gasteiger partial charge in [-0.3, -0.25) is 18.6 Å². The lowest BCUT2D eigenvalue weighted by atomic mass is 10.0. The first-order chi connectivity index (χ1) is 26.8. The molecule has 0 aromatic rings. The van der Waals surface area contributed by atoms with Crippen molar-refractivity contribution in [1.82, 2.24) is 0 Å². The highest BCUT2D eigenvalue weighted by Gasteiger charge is 2.25. The molecule has 1 N–H and O–H groups in total. The van der Waals surface area contributed by atoms with Crippen LogP contribution in [0.5, 0.6) is 0 Å². The van der Waals surface area contributed by atoms with Crippen molar-refractivity contribution in [3.63, 3.8) is 0 Å². The van der Waals surface area contributed by atoms with Crippen molar-refractivity contribution < 1.29 is 37.6 Å². The summed E-state index contributed by atoms with van der Waals surface area (Å²) in [5, 5.41) is 0. The Hall–Kier alpha value is -1.47. The summed E-state index contributed by atoms with van der Waals surface area (Å²) >= 11 is 0. The number of hydrogen-bond donors (Lipinski definition) is 1. The molecule has 2 atom stereocenters. The zero-order chi connectivity index (χ0) is 40.3. The van der Waals surface area contributed by atoms with Gasteiger partial charge in [0.1, 0.15) is 6.61 Å². The second kappa shape index (κ2) is 42.1. The number of phosphoric ester groups is 1. The van der Waals surface area contributed by atoms with Crippen molar-refractivity contribution >= 4 is 19.8 Å². The number of carbonyl (C=O) groups excluding carboxylic acids is 2. The van der Waals surface area contributed by atoms with Gasteiger partial charge in [-0.15, -0.1) is 0 Å². The largest absolute Gasteiger partial charge is 0.472 e. The van der Waals surface area contributed by atoms with Crippen molar-refractivity contribution in [2.45, 2.75) is 239 Å². The highest BCUT2D eigenvalue weighted by Crippen LogP contribution is 2.43. The predicted molar refractivity (Wildman–Crippen MR) is 230 cm³/mol. The van der Waals surface area contributed by atoms with Gasteiger partial charge in [0.25, 0.3) is 0 Å². The van der Waals surface area contributed by atoms with Gasteiger partial charge in [0.2, 0.25) is 0 Å². The van der Waals surface area contributed by atoms with E-state index >= 15 is 0 Å². The number of hydrogen-bond acceptors (Lipinski definition) is 7. The minimum Gasteiger partial charge on any atom is -0.462 e. The second-order valence-corrected chi connectivity index (χ2v) is 16.9. The molecule has 0 aliphatic carbocycles. The maximum Gasteiger partial charge on any atom is 0.472 e. The fraction of sp³-hybridized carbons (Fsp3) is 0.870. The lowest BCUT2D eigenvalue weighted by Crippen LogP contribution is -2.29. The van der Waals surface area contributed by atoms with Crippen LogP contribution in [0.15, 0.2) is 24.3 Å². The van der Waals surface area contributed by atoms with E-state index in [2.05, 4.69) is 38.2 Å². The first-order valence-electron chi connectivity index (χ1n) is 23.1. The van der Waals surface area contributed by atoms with Gasteiger partial charge in [-0.25, -0.2) is 4.57 Å². The molecule has 0 saturated heterocycles. The number of rotatable bonds is 43. The Balaban J connectivity index is 4.03. The quantitative estimate of drug-likeness (QED) is 0.0281. The van der Waals surface area contributed by atoms with Crippen LogP contribution in [0.1, 0.15) is 233 Å². The lowest BCUT2D eigenvalue weighted by molar-refractivity contribution is -0.161. The first-order valence-corrected chi connectivity index (χ1v) is 24.6. The van der Waals surface area contributed by atoms with Crippen LogP contribution in [0, 0.1) is 0 Å². The zero-order valence-electron chi connectivity index (χ0n) is 36.1. The van der Waals surface area contributed by atoms with Gasteiger partial charge < -0.3 is 14.4 Å². The normalized spacial score (nSPS) is 13.5. The maximum atomic E-state index is 12.6. The molecule has 0 aliphatic heterocycles. The Morgan fingerprint density at radius 1 is 0.491 bits per heavy atom. The van der Waals surface area contributed by atoms with Crippen LogP contribution in [-0.2, 0) is 32.7 Å². The van der Waals surface area contributed by atoms with E-state index in [0.29, 0.717) is 12.8 Å². The number of carbonyl (C=O) groups is 2. The zero-order valence-corrected chi connectivity index (χ0v) is 37.0. The number of unbranched alkanes of at least 4 members (excludes halogenated alkanes) is 27. The molecule has 0 fully saturated rings. The number of esters is 2. The third kappa shape index (κ3) is 42.0. The molecular formula is C46H87O8P. The molecule has 0 saturated carbocycles. The minimum atomic E-state index is -4.28. The number of ether oxygens (including phenoxy) is 2.